The maximum absolute atomic E-state index is 13.9. The summed E-state index contributed by atoms with van der Waals surface area (Å²) in [5, 5.41) is 0. The lowest BCUT2D eigenvalue weighted by Gasteiger charge is -2.33. The van der Waals surface area contributed by atoms with Gasteiger partial charge in [-0.2, -0.15) is 0 Å². The first-order valence-electron chi connectivity index (χ1n) is 28.3. The first kappa shape index (κ1) is 61.4. The Morgan fingerprint density at radius 2 is 1.03 bits per heavy atom. The molecule has 15 nitrogen and oxygen atoms in total. The minimum Gasteiger partial charge on any atom is -0.460 e. The third-order valence-electron chi connectivity index (χ3n) is 17.2. The highest BCUT2D eigenvalue weighted by Crippen LogP contribution is 2.66. The Morgan fingerprint density at radius 1 is 0.627 bits per heavy atom. The van der Waals surface area contributed by atoms with Crippen molar-refractivity contribution >= 4 is 58.8 Å². The largest absolute Gasteiger partial charge is 0.460 e. The Labute approximate surface area is 446 Å². The van der Waals surface area contributed by atoms with E-state index in [4.69, 9.17) is 14.2 Å². The molecule has 0 radical (unpaired) electrons. The number of ether oxygens (including phenoxy) is 3. The van der Waals surface area contributed by atoms with Crippen LogP contribution < -0.4 is 0 Å². The summed E-state index contributed by atoms with van der Waals surface area (Å²) in [5.41, 5.74) is -0.815. The lowest BCUT2D eigenvalue weighted by molar-refractivity contribution is -0.160. The molecule has 6 rings (SSSR count). The number of aldehydes is 1. The number of piperidine rings is 2. The number of fused-ring (bicyclic) bond motifs is 6. The van der Waals surface area contributed by atoms with E-state index >= 15 is 0 Å². The van der Waals surface area contributed by atoms with Gasteiger partial charge in [0.25, 0.3) is 0 Å². The lowest BCUT2D eigenvalue weighted by atomic mass is 9.85. The highest BCUT2D eigenvalue weighted by Gasteiger charge is 2.70. The summed E-state index contributed by atoms with van der Waals surface area (Å²) < 4.78 is 17.1. The molecule has 0 bridgehead atoms. The fraction of sp³-hybridized carbons (Fsp3) is 0.767. The Hall–Kier alpha value is -4.50. The second-order valence-electron chi connectivity index (χ2n) is 24.6. The molecule has 4 aliphatic heterocycles. The number of esters is 1. The number of nitrogens with zero attached hydrogens (tertiary/aromatic N) is 2. The van der Waals surface area contributed by atoms with Gasteiger partial charge in [-0.3, -0.25) is 43.2 Å². The van der Waals surface area contributed by atoms with Gasteiger partial charge >= 0.3 is 5.97 Å². The normalized spacial score (nSPS) is 30.7. The van der Waals surface area contributed by atoms with Gasteiger partial charge in [0.2, 0.25) is 23.4 Å². The molecule has 0 unspecified atom stereocenters. The van der Waals surface area contributed by atoms with E-state index in [1.165, 1.54) is 0 Å². The Balaban J connectivity index is 0.000000280. The van der Waals surface area contributed by atoms with Gasteiger partial charge in [0, 0.05) is 70.2 Å². The van der Waals surface area contributed by atoms with Crippen LogP contribution >= 0.6 is 0 Å². The summed E-state index contributed by atoms with van der Waals surface area (Å²) in [6.07, 6.45) is 14.9. The lowest BCUT2D eigenvalue weighted by Crippen LogP contribution is -2.49. The van der Waals surface area contributed by atoms with E-state index in [1.54, 1.807) is 42.7 Å². The van der Waals surface area contributed by atoms with Gasteiger partial charge in [-0.15, -0.1) is 13.2 Å². The van der Waals surface area contributed by atoms with Crippen molar-refractivity contribution in [3.8, 4) is 0 Å². The van der Waals surface area contributed by atoms with Crippen molar-refractivity contribution in [1.82, 2.24) is 9.80 Å². The highest BCUT2D eigenvalue weighted by atomic mass is 16.6. The van der Waals surface area contributed by atoms with E-state index in [0.29, 0.717) is 52.0 Å². The number of carbonyl (C=O) groups excluding carboxylic acids is 10. The van der Waals surface area contributed by atoms with E-state index in [9.17, 15) is 47.9 Å². The maximum atomic E-state index is 13.9. The summed E-state index contributed by atoms with van der Waals surface area (Å²) in [7, 11) is 0. The zero-order chi connectivity index (χ0) is 55.3. The molecule has 6 fully saturated rings. The topological polar surface area (TPSA) is 205 Å². The van der Waals surface area contributed by atoms with Crippen molar-refractivity contribution in [3.63, 3.8) is 0 Å². The van der Waals surface area contributed by atoms with E-state index in [2.05, 4.69) is 40.9 Å². The average Bonchev–Trinajstić information content (AvgIpc) is 3.79. The van der Waals surface area contributed by atoms with Crippen LogP contribution in [0.5, 0.6) is 0 Å². The van der Waals surface area contributed by atoms with Crippen LogP contribution in [-0.2, 0) is 62.2 Å². The monoisotopic (exact) mass is 1050 g/mol. The van der Waals surface area contributed by atoms with Crippen molar-refractivity contribution in [2.24, 2.45) is 58.2 Å². The van der Waals surface area contributed by atoms with Crippen LogP contribution in [0.25, 0.3) is 0 Å². The molecule has 0 spiro atoms. The molecule has 2 aliphatic carbocycles. The Morgan fingerprint density at radius 3 is 1.44 bits per heavy atom. The fourth-order valence-corrected chi connectivity index (χ4v) is 12.6. The molecule has 2 saturated carbocycles. The van der Waals surface area contributed by atoms with Gasteiger partial charge < -0.3 is 28.8 Å². The van der Waals surface area contributed by atoms with Crippen LogP contribution in [0.15, 0.2) is 25.3 Å². The van der Waals surface area contributed by atoms with Crippen LogP contribution in [0.3, 0.4) is 0 Å². The van der Waals surface area contributed by atoms with Gasteiger partial charge in [0.15, 0.2) is 23.1 Å². The first-order valence-corrected chi connectivity index (χ1v) is 28.3. The molecular weight excluding hydrogens is 957 g/mol. The first-order chi connectivity index (χ1) is 35.5. The molecule has 4 heterocycles. The third kappa shape index (κ3) is 16.3. The molecular formula is C60H90N2O13. The molecule has 0 aromatic rings. The van der Waals surface area contributed by atoms with Crippen LogP contribution in [-0.4, -0.2) is 126 Å². The minimum absolute atomic E-state index is 0.00171. The van der Waals surface area contributed by atoms with Gasteiger partial charge in [-0.1, -0.05) is 91.2 Å². The molecule has 0 aromatic heterocycles. The summed E-state index contributed by atoms with van der Waals surface area (Å²) in [5.74, 6) is -5.30. The van der Waals surface area contributed by atoms with Gasteiger partial charge in [-0.25, -0.2) is 0 Å². The number of carbonyl (C=O) groups is 10. The summed E-state index contributed by atoms with van der Waals surface area (Å²) >= 11 is 0. The summed E-state index contributed by atoms with van der Waals surface area (Å²) in [4.78, 5) is 134. The molecule has 75 heavy (non-hydrogen) atoms. The second kappa shape index (κ2) is 27.7. The number of ketones is 6. The molecule has 4 saturated heterocycles. The number of amides is 2. The maximum Gasteiger partial charge on any atom is 0.307 e. The third-order valence-corrected chi connectivity index (χ3v) is 17.2. The number of allylic oxidation sites excluding steroid dienone is 2. The summed E-state index contributed by atoms with van der Waals surface area (Å²) in [6.45, 7) is 23.3. The average molecular weight is 1050 g/mol. The van der Waals surface area contributed by atoms with Crippen LogP contribution in [0, 0.1) is 58.2 Å². The predicted molar refractivity (Wildman–Crippen MR) is 283 cm³/mol. The molecule has 418 valence electrons. The molecule has 0 N–H and O–H groups in total. The SMILES string of the molecule is C=CCCC(=O)C(=O)[C@@H]1CCCCCCCOC[C@H](CC(=O)OC(C)(C)C)C(=O)N2C[C@H]3[C@@H]([C@H]2C(=O)C1)C3(C)C.C=CCCC(=O)C(=O)[C@@H]1CCCCCCCOC[C@H](CC=O)C(=O)N2C[C@H]3[C@@H]([C@H]2C(=O)C1)C3(C)C. The van der Waals surface area contributed by atoms with Crippen molar-refractivity contribution in [3.05, 3.63) is 25.3 Å². The molecule has 6 aliphatic rings. The van der Waals surface area contributed by atoms with Crippen molar-refractivity contribution in [2.45, 2.75) is 195 Å². The van der Waals surface area contributed by atoms with Gasteiger partial charge in [-0.05, 0) is 93.8 Å². The van der Waals surface area contributed by atoms with Crippen molar-refractivity contribution in [2.75, 3.05) is 39.5 Å². The Kier molecular flexibility index (Phi) is 22.7. The van der Waals surface area contributed by atoms with Crippen molar-refractivity contribution < 1.29 is 62.2 Å². The number of rotatable bonds is 14. The molecule has 10 atom stereocenters. The standard InChI is InChI=1S/C32H49NO7.C28H41NO6/c1-7-8-15-24(34)29(37)21-14-12-10-9-11-13-16-39-20-22(18-26(36)40-31(2,3)4)30(38)33-19-23-27(32(23,5)6)28(33)25(35)17-21;1-4-5-12-22(31)26(33)19-11-9-7-6-8-10-15-35-18-20(13-14-30)27(34)29-17-21-24(28(21,2)3)25(29)23(32)16-19/h7,21-23,27-28H,1,8-20H2,2-6H3;4,14,19-21,24-25H,1,5-13,15-18H2,2-3H3/t21-,22+,23+,27+,28-;19-,20+,21+,24+,25-/m11/s1. The minimum atomic E-state index is -0.753. The number of hydrogen-bond donors (Lipinski definition) is 0. The highest BCUT2D eigenvalue weighted by molar-refractivity contribution is 6.38. The smallest absolute Gasteiger partial charge is 0.307 e. The van der Waals surface area contributed by atoms with E-state index in [0.717, 1.165) is 70.5 Å². The van der Waals surface area contributed by atoms with Gasteiger partial charge in [0.1, 0.15) is 11.9 Å². The number of Topliss-reactive ketones (excluding diaryl/α,β-unsaturated/α-hetero) is 6. The fourth-order valence-electron chi connectivity index (χ4n) is 12.6. The second-order valence-corrected chi connectivity index (χ2v) is 24.6. The molecule has 0 aromatic carbocycles. The van der Waals surface area contributed by atoms with E-state index in [-0.39, 0.29) is 110 Å². The van der Waals surface area contributed by atoms with Crippen LogP contribution in [0.1, 0.15) is 177 Å². The van der Waals surface area contributed by atoms with Gasteiger partial charge in [0.05, 0.1) is 43.6 Å². The number of hydrogen-bond acceptors (Lipinski definition) is 13. The zero-order valence-corrected chi connectivity index (χ0v) is 46.5. The van der Waals surface area contributed by atoms with E-state index in [1.807, 2.05) is 0 Å². The zero-order valence-electron chi connectivity index (χ0n) is 46.5. The van der Waals surface area contributed by atoms with Crippen LogP contribution in [0.4, 0.5) is 0 Å². The quantitative estimate of drug-likeness (QED) is 0.0693. The van der Waals surface area contributed by atoms with Crippen molar-refractivity contribution in [1.29, 1.82) is 0 Å². The van der Waals surface area contributed by atoms with E-state index < -0.39 is 70.5 Å². The summed E-state index contributed by atoms with van der Waals surface area (Å²) in [6, 6.07) is -1.27. The Bertz CT molecular complexity index is 2100. The molecule has 15 heteroatoms. The predicted octanol–water partition coefficient (Wildman–Crippen LogP) is 8.59. The molecule has 2 amide bonds. The van der Waals surface area contributed by atoms with Crippen LogP contribution in [0.2, 0.25) is 0 Å².